The molecule has 8 heteroatoms. The number of nitrogens with zero attached hydrogens (tertiary/aromatic N) is 2. The molecular formula is C18H29Cl2N5O. The molecule has 0 amide bonds. The van der Waals surface area contributed by atoms with Crippen molar-refractivity contribution in [1.29, 1.82) is 10.8 Å². The van der Waals surface area contributed by atoms with Crippen LogP contribution < -0.4 is 10.5 Å². The molecule has 6 nitrogen and oxygen atoms in total. The Morgan fingerprint density at radius 2 is 1.81 bits per heavy atom. The predicted octanol–water partition coefficient (Wildman–Crippen LogP) is 2.87. The van der Waals surface area contributed by atoms with Gasteiger partial charge in [0.2, 0.25) is 0 Å². The zero-order valence-corrected chi connectivity index (χ0v) is 16.8. The summed E-state index contributed by atoms with van der Waals surface area (Å²) in [7, 11) is 0. The minimum absolute atomic E-state index is 0. The first-order valence-electron chi connectivity index (χ1n) is 8.66. The number of amidine groups is 1. The Bertz CT molecular complexity index is 632. The number of fused-ring (bicyclic) bond motifs is 1. The number of nitrogens with one attached hydrogen (secondary N) is 2. The molecule has 0 bridgehead atoms. The molecule has 1 saturated heterocycles. The number of guanidine groups is 1. The Kier molecular flexibility index (Phi) is 8.50. The average Bonchev–Trinajstić information content (AvgIpc) is 2.59. The molecule has 0 saturated carbocycles. The maximum Gasteiger partial charge on any atom is 0.188 e. The summed E-state index contributed by atoms with van der Waals surface area (Å²) in [5.74, 6) is 2.27. The Hall–Kier alpha value is -1.66. The second-order valence-electron chi connectivity index (χ2n) is 6.81. The Morgan fingerprint density at radius 1 is 1.12 bits per heavy atom. The van der Waals surface area contributed by atoms with Crippen LogP contribution in [0.4, 0.5) is 0 Å². The third-order valence-electron chi connectivity index (χ3n) is 5.11. The lowest BCUT2D eigenvalue weighted by molar-refractivity contribution is 0.180. The number of benzene rings is 1. The van der Waals surface area contributed by atoms with Crippen molar-refractivity contribution in [2.75, 3.05) is 26.2 Å². The van der Waals surface area contributed by atoms with Crippen molar-refractivity contribution >= 4 is 36.6 Å². The third kappa shape index (κ3) is 5.42. The third-order valence-corrected chi connectivity index (χ3v) is 5.11. The van der Waals surface area contributed by atoms with Crippen LogP contribution in [-0.2, 0) is 13.0 Å². The van der Waals surface area contributed by atoms with E-state index in [1.807, 2.05) is 11.8 Å². The second kappa shape index (κ2) is 9.88. The summed E-state index contributed by atoms with van der Waals surface area (Å²) in [5.41, 5.74) is 8.15. The van der Waals surface area contributed by atoms with E-state index in [0.29, 0.717) is 18.3 Å². The molecule has 146 valence electrons. The van der Waals surface area contributed by atoms with Crippen molar-refractivity contribution < 1.29 is 4.74 Å². The Labute approximate surface area is 167 Å². The monoisotopic (exact) mass is 401 g/mol. The van der Waals surface area contributed by atoms with Gasteiger partial charge < -0.3 is 20.3 Å². The van der Waals surface area contributed by atoms with Crippen molar-refractivity contribution in [1.82, 2.24) is 9.80 Å². The van der Waals surface area contributed by atoms with Crippen LogP contribution >= 0.6 is 24.8 Å². The van der Waals surface area contributed by atoms with Gasteiger partial charge in [-0.15, -0.1) is 24.8 Å². The van der Waals surface area contributed by atoms with Gasteiger partial charge in [-0.2, -0.15) is 0 Å². The number of nitrogens with two attached hydrogens (primary N) is 1. The Morgan fingerprint density at radius 3 is 2.42 bits per heavy atom. The van der Waals surface area contributed by atoms with E-state index in [1.165, 1.54) is 11.1 Å². The molecule has 0 unspecified atom stereocenters. The Balaban J connectivity index is 0.00000169. The standard InChI is InChI=1S/C18H27N5O.2ClH/c1-13(19)22-7-4-14(5-8-22)12-24-17-3-2-15-6-9-23(18(20)21)11-16(15)10-17;;/h2-3,10,14,19H,4-9,11-12H2,1H3,(H3,20,21);2*1H. The molecular weight excluding hydrogens is 373 g/mol. The summed E-state index contributed by atoms with van der Waals surface area (Å²) in [5, 5.41) is 15.3. The first-order chi connectivity index (χ1) is 11.5. The SMILES string of the molecule is CC(=N)N1CCC(COc2ccc3c(c2)CN(C(=N)N)CC3)CC1.Cl.Cl. The van der Waals surface area contributed by atoms with E-state index < -0.39 is 0 Å². The van der Waals surface area contributed by atoms with E-state index in [0.717, 1.165) is 51.3 Å². The molecule has 0 spiro atoms. The van der Waals surface area contributed by atoms with Gasteiger partial charge in [0.05, 0.1) is 12.4 Å². The maximum absolute atomic E-state index is 7.69. The molecule has 2 aliphatic heterocycles. The molecule has 1 fully saturated rings. The molecule has 1 aromatic carbocycles. The van der Waals surface area contributed by atoms with Crippen LogP contribution in [0, 0.1) is 16.7 Å². The van der Waals surface area contributed by atoms with Gasteiger partial charge in [0, 0.05) is 26.2 Å². The van der Waals surface area contributed by atoms with E-state index in [-0.39, 0.29) is 30.8 Å². The molecule has 2 aliphatic rings. The summed E-state index contributed by atoms with van der Waals surface area (Å²) in [6, 6.07) is 6.30. The number of piperidine rings is 1. The van der Waals surface area contributed by atoms with Crippen molar-refractivity contribution in [3.63, 3.8) is 0 Å². The molecule has 0 atom stereocenters. The fourth-order valence-corrected chi connectivity index (χ4v) is 3.48. The molecule has 4 N–H and O–H groups in total. The van der Waals surface area contributed by atoms with Crippen LogP contribution in [0.1, 0.15) is 30.9 Å². The summed E-state index contributed by atoms with van der Waals surface area (Å²) in [4.78, 5) is 4.02. The van der Waals surface area contributed by atoms with Gasteiger partial charge in [-0.25, -0.2) is 0 Å². The average molecular weight is 402 g/mol. The van der Waals surface area contributed by atoms with E-state index in [1.54, 1.807) is 0 Å². The summed E-state index contributed by atoms with van der Waals surface area (Å²) in [6.07, 6.45) is 3.09. The lowest BCUT2D eigenvalue weighted by atomic mass is 9.97. The summed E-state index contributed by atoms with van der Waals surface area (Å²) in [6.45, 7) is 6.02. The topological polar surface area (TPSA) is 89.4 Å². The fourth-order valence-electron chi connectivity index (χ4n) is 3.48. The molecule has 0 aliphatic carbocycles. The highest BCUT2D eigenvalue weighted by Gasteiger charge is 2.21. The van der Waals surface area contributed by atoms with E-state index in [9.17, 15) is 0 Å². The second-order valence-corrected chi connectivity index (χ2v) is 6.81. The quantitative estimate of drug-likeness (QED) is 0.536. The van der Waals surface area contributed by atoms with E-state index >= 15 is 0 Å². The minimum Gasteiger partial charge on any atom is -0.493 e. The van der Waals surface area contributed by atoms with Gasteiger partial charge in [0.25, 0.3) is 0 Å². The van der Waals surface area contributed by atoms with Crippen LogP contribution in [-0.4, -0.2) is 47.8 Å². The number of ether oxygens (including phenoxy) is 1. The number of halogens is 2. The smallest absolute Gasteiger partial charge is 0.188 e. The fraction of sp³-hybridized carbons (Fsp3) is 0.556. The van der Waals surface area contributed by atoms with Gasteiger partial charge in [-0.05, 0) is 55.4 Å². The maximum atomic E-state index is 7.69. The molecule has 0 aromatic heterocycles. The highest BCUT2D eigenvalue weighted by molar-refractivity contribution is 5.85. The van der Waals surface area contributed by atoms with Crippen molar-refractivity contribution in [3.05, 3.63) is 29.3 Å². The number of rotatable bonds is 3. The molecule has 26 heavy (non-hydrogen) atoms. The van der Waals surface area contributed by atoms with Crippen LogP contribution in [0.3, 0.4) is 0 Å². The first-order valence-corrected chi connectivity index (χ1v) is 8.66. The summed E-state index contributed by atoms with van der Waals surface area (Å²) >= 11 is 0. The van der Waals surface area contributed by atoms with Gasteiger partial charge in [0.15, 0.2) is 5.96 Å². The molecule has 0 radical (unpaired) electrons. The summed E-state index contributed by atoms with van der Waals surface area (Å²) < 4.78 is 6.03. The minimum atomic E-state index is 0. The number of hydrogen-bond donors (Lipinski definition) is 3. The van der Waals surface area contributed by atoms with Crippen LogP contribution in [0.15, 0.2) is 18.2 Å². The highest BCUT2D eigenvalue weighted by Crippen LogP contribution is 2.25. The predicted molar refractivity (Wildman–Crippen MR) is 110 cm³/mol. The first kappa shape index (κ1) is 22.4. The van der Waals surface area contributed by atoms with E-state index in [4.69, 9.17) is 21.3 Å². The van der Waals surface area contributed by atoms with Crippen molar-refractivity contribution in [3.8, 4) is 5.75 Å². The normalized spacial score (nSPS) is 16.8. The van der Waals surface area contributed by atoms with Crippen molar-refractivity contribution in [2.24, 2.45) is 11.7 Å². The van der Waals surface area contributed by atoms with E-state index in [2.05, 4.69) is 23.1 Å². The highest BCUT2D eigenvalue weighted by atomic mass is 35.5. The zero-order chi connectivity index (χ0) is 17.1. The van der Waals surface area contributed by atoms with Crippen LogP contribution in [0.5, 0.6) is 5.75 Å². The molecule has 2 heterocycles. The van der Waals surface area contributed by atoms with Crippen LogP contribution in [0.25, 0.3) is 0 Å². The number of likely N-dealkylation sites (tertiary alicyclic amines) is 1. The van der Waals surface area contributed by atoms with Gasteiger partial charge in [-0.3, -0.25) is 10.8 Å². The van der Waals surface area contributed by atoms with Crippen molar-refractivity contribution in [2.45, 2.75) is 32.7 Å². The lowest BCUT2D eigenvalue weighted by Gasteiger charge is -2.32. The number of hydrogen-bond acceptors (Lipinski definition) is 3. The van der Waals surface area contributed by atoms with Gasteiger partial charge in [-0.1, -0.05) is 6.07 Å². The largest absolute Gasteiger partial charge is 0.493 e. The molecule has 1 aromatic rings. The van der Waals surface area contributed by atoms with Gasteiger partial charge in [0.1, 0.15) is 5.75 Å². The molecule has 3 rings (SSSR count). The van der Waals surface area contributed by atoms with Crippen LogP contribution in [0.2, 0.25) is 0 Å². The van der Waals surface area contributed by atoms with Gasteiger partial charge >= 0.3 is 0 Å². The zero-order valence-electron chi connectivity index (χ0n) is 15.2. The lowest BCUT2D eigenvalue weighted by Crippen LogP contribution is -2.40.